The molecule has 0 atom stereocenters. The van der Waals surface area contributed by atoms with Crippen LogP contribution in [0.15, 0.2) is 229 Å². The predicted octanol–water partition coefficient (Wildman–Crippen LogP) is 17.2. The van der Waals surface area contributed by atoms with E-state index in [0.29, 0.717) is 0 Å². The quantitative estimate of drug-likeness (QED) is 0.160. The van der Waals surface area contributed by atoms with E-state index in [2.05, 4.69) is 229 Å². The average molecular weight is 796 g/mol. The van der Waals surface area contributed by atoms with Gasteiger partial charge in [-0.2, -0.15) is 0 Å². The van der Waals surface area contributed by atoms with Gasteiger partial charge in [-0.3, -0.25) is 0 Å². The molecule has 0 saturated carbocycles. The van der Waals surface area contributed by atoms with Gasteiger partial charge in [-0.05, 0) is 111 Å². The topological polar surface area (TPSA) is 16.4 Å². The molecule has 0 saturated heterocycles. The molecule has 0 unspecified atom stereocenters. The van der Waals surface area contributed by atoms with Gasteiger partial charge in [-0.25, -0.2) is 0 Å². The van der Waals surface area contributed by atoms with Crippen LogP contribution in [0.5, 0.6) is 0 Å². The van der Waals surface area contributed by atoms with E-state index in [4.69, 9.17) is 4.42 Å². The number of hydrogen-bond donors (Lipinski definition) is 0. The molecule has 0 radical (unpaired) electrons. The number of furan rings is 1. The normalized spacial score (nSPS) is 11.6. The van der Waals surface area contributed by atoms with Crippen LogP contribution in [0.25, 0.3) is 97.4 Å². The maximum absolute atomic E-state index is 6.77. The van der Waals surface area contributed by atoms with Crippen molar-refractivity contribution in [1.82, 2.24) is 0 Å². The summed E-state index contributed by atoms with van der Waals surface area (Å²) < 4.78 is 9.36. The van der Waals surface area contributed by atoms with Crippen LogP contribution in [0.2, 0.25) is 0 Å². The van der Waals surface area contributed by atoms with Crippen molar-refractivity contribution in [1.29, 1.82) is 0 Å². The largest absolute Gasteiger partial charge is 0.455 e. The van der Waals surface area contributed by atoms with Crippen molar-refractivity contribution in [3.8, 4) is 44.5 Å². The Morgan fingerprint density at radius 3 is 1.67 bits per heavy atom. The summed E-state index contributed by atoms with van der Waals surface area (Å²) in [6.07, 6.45) is 0. The van der Waals surface area contributed by atoms with Gasteiger partial charge < -0.3 is 9.32 Å². The van der Waals surface area contributed by atoms with Crippen LogP contribution >= 0.6 is 11.3 Å². The van der Waals surface area contributed by atoms with Crippen molar-refractivity contribution in [2.24, 2.45) is 0 Å². The summed E-state index contributed by atoms with van der Waals surface area (Å²) in [7, 11) is 0. The van der Waals surface area contributed by atoms with Crippen LogP contribution in [0.4, 0.5) is 17.1 Å². The number of fused-ring (bicyclic) bond motifs is 8. The molecular formula is C58H37NOS. The minimum absolute atomic E-state index is 0.862. The van der Waals surface area contributed by atoms with Gasteiger partial charge in [0.15, 0.2) is 0 Å². The first kappa shape index (κ1) is 35.2. The SMILES string of the molecule is c1ccc(-c2cc(-c3ccccc3)cc(-c3ccc(N(c4ccccc4-c4ccc5c(c4)sc4ccccc45)c4cccc5oc6c7ccccc7ccc6c45)cc3)c2)cc1. The second kappa shape index (κ2) is 14.5. The molecule has 0 bridgehead atoms. The Morgan fingerprint density at radius 1 is 0.344 bits per heavy atom. The number of para-hydroxylation sites is 1. The lowest BCUT2D eigenvalue weighted by atomic mass is 9.93. The molecule has 286 valence electrons. The zero-order valence-electron chi connectivity index (χ0n) is 33.1. The third-order valence-corrected chi connectivity index (χ3v) is 13.2. The van der Waals surface area contributed by atoms with Crippen LogP contribution in [0.3, 0.4) is 0 Å². The fourth-order valence-corrected chi connectivity index (χ4v) is 10.3. The first-order chi connectivity index (χ1) is 30.2. The Bertz CT molecular complexity index is 3530. The molecule has 61 heavy (non-hydrogen) atoms. The van der Waals surface area contributed by atoms with E-state index >= 15 is 0 Å². The number of thiophene rings is 1. The molecule has 0 fully saturated rings. The molecule has 2 aromatic heterocycles. The summed E-state index contributed by atoms with van der Waals surface area (Å²) in [4.78, 5) is 2.43. The molecule has 0 aliphatic heterocycles. The standard InChI is InChI=1S/C58H37NOS/c1-3-14-38(15-4-1)43-34-44(39-16-5-2-6-17-39)36-45(35-43)40-26-30-46(31-27-40)59(53-23-13-24-54-57(53)51-33-28-41-18-7-8-20-48(41)58(51)60-54)52-22-11-9-19-47(52)42-29-32-50-49-21-10-12-25-55(49)61-56(50)37-42/h1-37H. The van der Waals surface area contributed by atoms with Crippen LogP contribution in [-0.2, 0) is 0 Å². The lowest BCUT2D eigenvalue weighted by Gasteiger charge is -2.28. The van der Waals surface area contributed by atoms with E-state index in [0.717, 1.165) is 60.9 Å². The highest BCUT2D eigenvalue weighted by Crippen LogP contribution is 2.48. The van der Waals surface area contributed by atoms with Gasteiger partial charge in [-0.15, -0.1) is 11.3 Å². The Labute approximate surface area is 357 Å². The molecule has 2 nitrogen and oxygen atoms in total. The smallest absolute Gasteiger partial charge is 0.143 e. The zero-order chi connectivity index (χ0) is 40.3. The zero-order valence-corrected chi connectivity index (χ0v) is 33.9. The molecule has 0 aliphatic rings. The first-order valence-corrected chi connectivity index (χ1v) is 21.6. The molecular weight excluding hydrogens is 759 g/mol. The number of nitrogens with zero attached hydrogens (tertiary/aromatic N) is 1. The minimum Gasteiger partial charge on any atom is -0.455 e. The predicted molar refractivity (Wildman–Crippen MR) is 261 cm³/mol. The van der Waals surface area contributed by atoms with Crippen molar-refractivity contribution in [3.05, 3.63) is 224 Å². The van der Waals surface area contributed by atoms with Crippen LogP contribution in [0.1, 0.15) is 0 Å². The van der Waals surface area contributed by atoms with E-state index in [-0.39, 0.29) is 0 Å². The van der Waals surface area contributed by atoms with Gasteiger partial charge in [0, 0.05) is 42.2 Å². The maximum Gasteiger partial charge on any atom is 0.143 e. The van der Waals surface area contributed by atoms with E-state index in [1.54, 1.807) is 0 Å². The second-order valence-corrected chi connectivity index (χ2v) is 16.7. The molecule has 12 rings (SSSR count). The summed E-state index contributed by atoms with van der Waals surface area (Å²) >= 11 is 1.86. The fraction of sp³-hybridized carbons (Fsp3) is 0. The molecule has 12 aromatic rings. The number of benzene rings is 10. The highest BCUT2D eigenvalue weighted by atomic mass is 32.1. The number of rotatable bonds is 7. The second-order valence-electron chi connectivity index (χ2n) is 15.7. The summed E-state index contributed by atoms with van der Waals surface area (Å²) in [5, 5.41) is 7.06. The number of anilines is 3. The lowest BCUT2D eigenvalue weighted by Crippen LogP contribution is -2.11. The van der Waals surface area contributed by atoms with Crippen molar-refractivity contribution >= 4 is 81.3 Å². The van der Waals surface area contributed by atoms with Gasteiger partial charge in [0.05, 0.1) is 16.8 Å². The molecule has 0 amide bonds. The fourth-order valence-electron chi connectivity index (χ4n) is 9.13. The van der Waals surface area contributed by atoms with E-state index in [9.17, 15) is 0 Å². The van der Waals surface area contributed by atoms with E-state index in [1.807, 2.05) is 11.3 Å². The molecule has 3 heteroatoms. The highest BCUT2D eigenvalue weighted by molar-refractivity contribution is 7.25. The van der Waals surface area contributed by atoms with Crippen LogP contribution in [0, 0.1) is 0 Å². The molecule has 0 aliphatic carbocycles. The summed E-state index contributed by atoms with van der Waals surface area (Å²) in [5.41, 5.74) is 14.4. The van der Waals surface area contributed by atoms with E-state index in [1.165, 1.54) is 53.6 Å². The van der Waals surface area contributed by atoms with Gasteiger partial charge in [0.2, 0.25) is 0 Å². The first-order valence-electron chi connectivity index (χ1n) is 20.7. The third-order valence-electron chi connectivity index (χ3n) is 12.0. The number of hydrogen-bond acceptors (Lipinski definition) is 3. The monoisotopic (exact) mass is 795 g/mol. The highest BCUT2D eigenvalue weighted by Gasteiger charge is 2.23. The van der Waals surface area contributed by atoms with Crippen molar-refractivity contribution in [2.75, 3.05) is 4.90 Å². The van der Waals surface area contributed by atoms with Crippen molar-refractivity contribution < 1.29 is 4.42 Å². The Kier molecular flexibility index (Phi) is 8.39. The third kappa shape index (κ3) is 6.09. The van der Waals surface area contributed by atoms with E-state index < -0.39 is 0 Å². The van der Waals surface area contributed by atoms with Gasteiger partial charge in [0.1, 0.15) is 11.2 Å². The van der Waals surface area contributed by atoms with Crippen LogP contribution < -0.4 is 4.90 Å². The van der Waals surface area contributed by atoms with Crippen LogP contribution in [-0.4, -0.2) is 0 Å². The molecule has 0 spiro atoms. The molecule has 0 N–H and O–H groups in total. The Hall–Kier alpha value is -7.72. The summed E-state index contributed by atoms with van der Waals surface area (Å²) in [6, 6.07) is 81.2. The molecule has 10 aromatic carbocycles. The van der Waals surface area contributed by atoms with Gasteiger partial charge in [0.25, 0.3) is 0 Å². The minimum atomic E-state index is 0.862. The maximum atomic E-state index is 6.77. The van der Waals surface area contributed by atoms with Gasteiger partial charge >= 0.3 is 0 Å². The summed E-state index contributed by atoms with van der Waals surface area (Å²) in [5.74, 6) is 0. The molecule has 2 heterocycles. The van der Waals surface area contributed by atoms with Crippen molar-refractivity contribution in [2.45, 2.75) is 0 Å². The Morgan fingerprint density at radius 2 is 0.918 bits per heavy atom. The van der Waals surface area contributed by atoms with Gasteiger partial charge in [-0.1, -0.05) is 158 Å². The average Bonchev–Trinajstić information content (AvgIpc) is 3.91. The Balaban J connectivity index is 1.06. The summed E-state index contributed by atoms with van der Waals surface area (Å²) in [6.45, 7) is 0. The lowest BCUT2D eigenvalue weighted by molar-refractivity contribution is 0.672. The van der Waals surface area contributed by atoms with Crippen molar-refractivity contribution in [3.63, 3.8) is 0 Å².